The van der Waals surface area contributed by atoms with Crippen LogP contribution < -0.4 is 10.1 Å². The first-order chi connectivity index (χ1) is 13.5. The summed E-state index contributed by atoms with van der Waals surface area (Å²) in [6, 6.07) is 15.8. The quantitative estimate of drug-likeness (QED) is 0.335. The van der Waals surface area contributed by atoms with Gasteiger partial charge in [0.15, 0.2) is 0 Å². The molecular weight excluding hydrogens is 400 g/mol. The van der Waals surface area contributed by atoms with Crippen molar-refractivity contribution in [2.24, 2.45) is 0 Å². The molecule has 1 heterocycles. The van der Waals surface area contributed by atoms with Crippen molar-refractivity contribution in [3.8, 4) is 5.75 Å². The number of non-ortho nitro benzene ring substituents is 1. The van der Waals surface area contributed by atoms with Gasteiger partial charge in [0.25, 0.3) is 11.6 Å². The van der Waals surface area contributed by atoms with Crippen LogP contribution in [0.4, 0.5) is 11.4 Å². The van der Waals surface area contributed by atoms with Gasteiger partial charge in [-0.15, -0.1) is 11.3 Å². The maximum atomic E-state index is 12.9. The van der Waals surface area contributed by atoms with Crippen molar-refractivity contribution < 1.29 is 14.5 Å². The van der Waals surface area contributed by atoms with Crippen LogP contribution in [0, 0.1) is 10.1 Å². The lowest BCUT2D eigenvalue weighted by Crippen LogP contribution is -2.11. The lowest BCUT2D eigenvalue weighted by molar-refractivity contribution is -0.384. The zero-order valence-electron chi connectivity index (χ0n) is 14.6. The summed E-state index contributed by atoms with van der Waals surface area (Å²) in [4.78, 5) is 23.6. The van der Waals surface area contributed by atoms with Crippen molar-refractivity contribution in [2.75, 3.05) is 12.4 Å². The Kier molecular flexibility index (Phi) is 4.62. The predicted octanol–water partition coefficient (Wildman–Crippen LogP) is 5.88. The predicted molar refractivity (Wildman–Crippen MR) is 112 cm³/mol. The van der Waals surface area contributed by atoms with Crippen molar-refractivity contribution in [1.29, 1.82) is 0 Å². The molecule has 140 valence electrons. The molecule has 1 amide bonds. The van der Waals surface area contributed by atoms with Gasteiger partial charge in [-0.3, -0.25) is 14.9 Å². The van der Waals surface area contributed by atoms with Crippen molar-refractivity contribution in [1.82, 2.24) is 0 Å². The average molecular weight is 413 g/mol. The number of nitrogens with one attached hydrogen (secondary N) is 1. The lowest BCUT2D eigenvalue weighted by atomic mass is 10.1. The van der Waals surface area contributed by atoms with E-state index in [0.717, 1.165) is 20.9 Å². The number of ether oxygens (including phenoxy) is 1. The van der Waals surface area contributed by atoms with Crippen LogP contribution in [-0.2, 0) is 0 Å². The van der Waals surface area contributed by atoms with Crippen LogP contribution in [0.3, 0.4) is 0 Å². The largest absolute Gasteiger partial charge is 0.494 e. The molecule has 0 aliphatic carbocycles. The highest BCUT2D eigenvalue weighted by molar-refractivity contribution is 7.22. The second-order valence-corrected chi connectivity index (χ2v) is 7.43. The molecule has 1 N–H and O–H groups in total. The molecule has 6 nitrogen and oxygen atoms in total. The Labute approximate surface area is 168 Å². The Morgan fingerprint density at radius 1 is 1.18 bits per heavy atom. The standard InChI is InChI=1S/C20H13ClN2O4S/c1-27-15-10-12(23(25)26)7-8-14(15)22-20(24)19-18(21)17-13-5-3-2-4-11(13)6-9-16(17)28-19/h2-10H,1H3,(H,22,24). The monoisotopic (exact) mass is 412 g/mol. The van der Waals surface area contributed by atoms with Crippen LogP contribution >= 0.6 is 22.9 Å². The Bertz CT molecular complexity index is 1250. The van der Waals surface area contributed by atoms with Crippen molar-refractivity contribution in [3.05, 3.63) is 74.6 Å². The summed E-state index contributed by atoms with van der Waals surface area (Å²) < 4.78 is 6.08. The van der Waals surface area contributed by atoms with Crippen LogP contribution in [0.2, 0.25) is 5.02 Å². The second-order valence-electron chi connectivity index (χ2n) is 6.00. The zero-order chi connectivity index (χ0) is 19.8. The number of nitro benzene ring substituents is 1. The van der Waals surface area contributed by atoms with Crippen LogP contribution in [0.5, 0.6) is 5.75 Å². The lowest BCUT2D eigenvalue weighted by Gasteiger charge is -2.09. The van der Waals surface area contributed by atoms with E-state index in [4.69, 9.17) is 16.3 Å². The van der Waals surface area contributed by atoms with E-state index >= 15 is 0 Å². The molecule has 0 fully saturated rings. The van der Waals surface area contributed by atoms with E-state index in [1.807, 2.05) is 36.4 Å². The summed E-state index contributed by atoms with van der Waals surface area (Å²) in [7, 11) is 1.38. The normalized spacial score (nSPS) is 10.9. The Morgan fingerprint density at radius 3 is 2.71 bits per heavy atom. The molecule has 0 spiro atoms. The van der Waals surface area contributed by atoms with Gasteiger partial charge in [-0.05, 0) is 22.9 Å². The van der Waals surface area contributed by atoms with Gasteiger partial charge in [0.05, 0.1) is 28.8 Å². The van der Waals surface area contributed by atoms with E-state index in [1.165, 1.54) is 36.6 Å². The highest BCUT2D eigenvalue weighted by Gasteiger charge is 2.21. The van der Waals surface area contributed by atoms with Gasteiger partial charge in [-0.2, -0.15) is 0 Å². The molecule has 0 unspecified atom stereocenters. The van der Waals surface area contributed by atoms with Gasteiger partial charge < -0.3 is 10.1 Å². The molecular formula is C20H13ClN2O4S. The third-order valence-corrected chi connectivity index (χ3v) is 6.02. The van der Waals surface area contributed by atoms with Crippen LogP contribution in [0.1, 0.15) is 9.67 Å². The van der Waals surface area contributed by atoms with Gasteiger partial charge in [-0.25, -0.2) is 0 Å². The minimum absolute atomic E-state index is 0.124. The van der Waals surface area contributed by atoms with Gasteiger partial charge in [0.2, 0.25) is 0 Å². The fourth-order valence-corrected chi connectivity index (χ4v) is 4.52. The first-order valence-electron chi connectivity index (χ1n) is 8.23. The van der Waals surface area contributed by atoms with Gasteiger partial charge >= 0.3 is 0 Å². The number of fused-ring (bicyclic) bond motifs is 3. The first-order valence-corrected chi connectivity index (χ1v) is 9.42. The number of rotatable bonds is 4. The molecule has 0 radical (unpaired) electrons. The van der Waals surface area contributed by atoms with Crippen LogP contribution in [0.15, 0.2) is 54.6 Å². The fourth-order valence-electron chi connectivity index (χ4n) is 3.05. The van der Waals surface area contributed by atoms with E-state index in [2.05, 4.69) is 5.32 Å². The summed E-state index contributed by atoms with van der Waals surface area (Å²) in [6.07, 6.45) is 0. The summed E-state index contributed by atoms with van der Waals surface area (Å²) >= 11 is 7.86. The molecule has 3 aromatic carbocycles. The number of hydrogen-bond donors (Lipinski definition) is 1. The molecule has 0 saturated carbocycles. The van der Waals surface area contributed by atoms with E-state index < -0.39 is 10.8 Å². The smallest absolute Gasteiger partial charge is 0.273 e. The molecule has 0 aliphatic rings. The van der Waals surface area contributed by atoms with Crippen molar-refractivity contribution in [2.45, 2.75) is 0 Å². The zero-order valence-corrected chi connectivity index (χ0v) is 16.1. The summed E-state index contributed by atoms with van der Waals surface area (Å²) in [5, 5.41) is 16.9. The third kappa shape index (κ3) is 3.04. The molecule has 0 atom stereocenters. The second kappa shape index (κ2) is 7.10. The highest BCUT2D eigenvalue weighted by Crippen LogP contribution is 2.40. The first kappa shape index (κ1) is 18.2. The van der Waals surface area contributed by atoms with E-state index in [-0.39, 0.29) is 11.4 Å². The molecule has 1 aromatic heterocycles. The molecule has 4 rings (SSSR count). The number of thiophene rings is 1. The van der Waals surface area contributed by atoms with Gasteiger partial charge in [-0.1, -0.05) is 41.9 Å². The molecule has 0 aliphatic heterocycles. The minimum Gasteiger partial charge on any atom is -0.494 e. The van der Waals surface area contributed by atoms with Crippen LogP contribution in [-0.4, -0.2) is 17.9 Å². The maximum absolute atomic E-state index is 12.9. The third-order valence-electron chi connectivity index (χ3n) is 4.37. The molecule has 8 heteroatoms. The van der Waals surface area contributed by atoms with Crippen LogP contribution in [0.25, 0.3) is 20.9 Å². The fraction of sp³-hybridized carbons (Fsp3) is 0.0500. The number of hydrogen-bond acceptors (Lipinski definition) is 5. The number of anilines is 1. The number of amides is 1. The molecule has 28 heavy (non-hydrogen) atoms. The van der Waals surface area contributed by atoms with E-state index in [0.29, 0.717) is 15.6 Å². The topological polar surface area (TPSA) is 81.5 Å². The highest BCUT2D eigenvalue weighted by atomic mass is 35.5. The van der Waals surface area contributed by atoms with Gasteiger partial charge in [0, 0.05) is 16.2 Å². The number of nitrogens with zero attached hydrogens (tertiary/aromatic N) is 1. The number of benzene rings is 3. The number of carbonyl (C=O) groups excluding carboxylic acids is 1. The minimum atomic E-state index is -0.526. The number of methoxy groups -OCH3 is 1. The van der Waals surface area contributed by atoms with Crippen molar-refractivity contribution in [3.63, 3.8) is 0 Å². The molecule has 4 aromatic rings. The number of halogens is 1. The maximum Gasteiger partial charge on any atom is 0.273 e. The Hall–Kier alpha value is -3.16. The van der Waals surface area contributed by atoms with E-state index in [9.17, 15) is 14.9 Å². The number of carbonyl (C=O) groups is 1. The van der Waals surface area contributed by atoms with Crippen molar-refractivity contribution >= 4 is 61.1 Å². The van der Waals surface area contributed by atoms with Gasteiger partial charge in [0.1, 0.15) is 10.6 Å². The molecule has 0 saturated heterocycles. The summed E-state index contributed by atoms with van der Waals surface area (Å²) in [6.45, 7) is 0. The average Bonchev–Trinajstić information content (AvgIpc) is 3.05. The Balaban J connectivity index is 1.75. The summed E-state index contributed by atoms with van der Waals surface area (Å²) in [5.41, 5.74) is 0.206. The Morgan fingerprint density at radius 2 is 1.96 bits per heavy atom. The summed E-state index contributed by atoms with van der Waals surface area (Å²) in [5.74, 6) is -0.201. The SMILES string of the molecule is COc1cc([N+](=O)[O-])ccc1NC(=O)c1sc2ccc3ccccc3c2c1Cl. The number of nitro groups is 1. The van der Waals surface area contributed by atoms with E-state index in [1.54, 1.807) is 0 Å². The molecule has 0 bridgehead atoms.